The van der Waals surface area contributed by atoms with Gasteiger partial charge in [0.05, 0.1) is 17.8 Å². The van der Waals surface area contributed by atoms with E-state index >= 15 is 0 Å². The molecule has 2 aromatic rings. The minimum absolute atomic E-state index is 0.00837. The molecule has 0 aliphatic heterocycles. The van der Waals surface area contributed by atoms with Crippen LogP contribution in [0.3, 0.4) is 0 Å². The summed E-state index contributed by atoms with van der Waals surface area (Å²) >= 11 is 6.05. The average Bonchev–Trinajstić information content (AvgIpc) is 2.66. The number of hydrogen-bond donors (Lipinski definition) is 2. The lowest BCUT2D eigenvalue weighted by Gasteiger charge is -2.31. The summed E-state index contributed by atoms with van der Waals surface area (Å²) in [6.07, 6.45) is 0.922. The summed E-state index contributed by atoms with van der Waals surface area (Å²) in [6, 6.07) is 14.0. The Morgan fingerprint density at radius 3 is 2.13 bits per heavy atom. The van der Waals surface area contributed by atoms with Crippen LogP contribution in [0.2, 0.25) is 5.02 Å². The fourth-order valence-electron chi connectivity index (χ4n) is 3.73. The molecule has 30 heavy (non-hydrogen) atoms. The Bertz CT molecular complexity index is 808. The summed E-state index contributed by atoms with van der Waals surface area (Å²) in [4.78, 5) is 13.8. The van der Waals surface area contributed by atoms with Crippen molar-refractivity contribution in [2.75, 3.05) is 23.3 Å². The maximum Gasteiger partial charge on any atom is 0.303 e. The zero-order valence-corrected chi connectivity index (χ0v) is 19.5. The van der Waals surface area contributed by atoms with Gasteiger partial charge in [-0.15, -0.1) is 0 Å². The summed E-state index contributed by atoms with van der Waals surface area (Å²) < 4.78 is 0. The molecule has 2 aromatic carbocycles. The van der Waals surface area contributed by atoms with E-state index in [4.69, 9.17) is 11.6 Å². The lowest BCUT2D eigenvalue weighted by molar-refractivity contribution is -0.137. The van der Waals surface area contributed by atoms with Crippen molar-refractivity contribution in [3.63, 3.8) is 0 Å². The van der Waals surface area contributed by atoms with Crippen molar-refractivity contribution in [2.45, 2.75) is 53.4 Å². The van der Waals surface area contributed by atoms with Crippen LogP contribution >= 0.6 is 11.6 Å². The Balaban J connectivity index is 2.49. The van der Waals surface area contributed by atoms with E-state index in [0.29, 0.717) is 16.9 Å². The topological polar surface area (TPSA) is 52.6 Å². The first-order chi connectivity index (χ1) is 14.2. The van der Waals surface area contributed by atoms with Crippen molar-refractivity contribution in [2.24, 2.45) is 11.8 Å². The second-order valence-electron chi connectivity index (χ2n) is 8.80. The fourth-order valence-corrected chi connectivity index (χ4v) is 3.86. The van der Waals surface area contributed by atoms with Gasteiger partial charge in [0.1, 0.15) is 0 Å². The molecule has 0 spiro atoms. The molecule has 1 atom stereocenters. The lowest BCUT2D eigenvalue weighted by atomic mass is 9.92. The second-order valence-corrected chi connectivity index (χ2v) is 9.24. The molecular weight excluding hydrogens is 396 g/mol. The zero-order chi connectivity index (χ0) is 22.3. The predicted molar refractivity (Wildman–Crippen MR) is 128 cm³/mol. The molecule has 2 rings (SSSR count). The molecule has 0 bridgehead atoms. The first kappa shape index (κ1) is 24.1. The van der Waals surface area contributed by atoms with Crippen molar-refractivity contribution >= 4 is 34.6 Å². The van der Waals surface area contributed by atoms with Gasteiger partial charge >= 0.3 is 5.97 Å². The van der Waals surface area contributed by atoms with Crippen LogP contribution in [-0.2, 0) is 4.79 Å². The smallest absolute Gasteiger partial charge is 0.303 e. The van der Waals surface area contributed by atoms with Crippen LogP contribution in [0, 0.1) is 11.8 Å². The number of halogens is 1. The van der Waals surface area contributed by atoms with Gasteiger partial charge in [0.25, 0.3) is 0 Å². The van der Waals surface area contributed by atoms with Gasteiger partial charge in [-0.05, 0) is 66.1 Å². The number of nitrogens with one attached hydrogen (secondary N) is 1. The Morgan fingerprint density at radius 1 is 1.03 bits per heavy atom. The lowest BCUT2D eigenvalue weighted by Crippen LogP contribution is -2.31. The molecular formula is C25H35ClN2O2. The fraction of sp³-hybridized carbons (Fsp3) is 0.480. The molecule has 0 aliphatic carbocycles. The molecule has 0 aromatic heterocycles. The summed E-state index contributed by atoms with van der Waals surface area (Å²) in [5.74, 6) is 0.287. The molecule has 164 valence electrons. The van der Waals surface area contributed by atoms with Crippen LogP contribution in [0.5, 0.6) is 0 Å². The average molecular weight is 431 g/mol. The minimum atomic E-state index is -0.764. The molecule has 0 unspecified atom stereocenters. The Kier molecular flexibility index (Phi) is 9.04. The normalized spacial score (nSPS) is 12.3. The quantitative estimate of drug-likeness (QED) is 0.396. The van der Waals surface area contributed by atoms with E-state index in [-0.39, 0.29) is 12.3 Å². The van der Waals surface area contributed by atoms with E-state index in [2.05, 4.69) is 56.1 Å². The van der Waals surface area contributed by atoms with Crippen LogP contribution in [0.25, 0.3) is 0 Å². The third kappa shape index (κ3) is 7.24. The van der Waals surface area contributed by atoms with Crippen LogP contribution in [-0.4, -0.2) is 24.2 Å². The molecule has 0 saturated carbocycles. The summed E-state index contributed by atoms with van der Waals surface area (Å²) in [5.41, 5.74) is 4.15. The van der Waals surface area contributed by atoms with Crippen molar-refractivity contribution in [3.05, 3.63) is 53.1 Å². The van der Waals surface area contributed by atoms with Gasteiger partial charge in [-0.25, -0.2) is 0 Å². The number of aliphatic carboxylic acids is 1. The number of rotatable bonds is 11. The number of carboxylic acids is 1. The van der Waals surface area contributed by atoms with Crippen molar-refractivity contribution in [1.29, 1.82) is 0 Å². The highest BCUT2D eigenvalue weighted by atomic mass is 35.5. The SMILES string of the molecule is CC[C@@H](CC(=O)O)c1ccc(N(CC(C)C)CC(C)C)c(Nc2ccc(Cl)cc2)c1. The van der Waals surface area contributed by atoms with E-state index in [0.717, 1.165) is 42.1 Å². The summed E-state index contributed by atoms with van der Waals surface area (Å²) in [6.45, 7) is 12.9. The Labute approximate surface area is 186 Å². The standard InChI is InChI=1S/C25H35ClN2O2/c1-6-19(14-25(29)30)20-7-12-24(28(15-17(2)3)16-18(4)5)23(13-20)27-22-10-8-21(26)9-11-22/h7-13,17-19,27H,6,14-16H2,1-5H3,(H,29,30)/t19-/m0/s1. The van der Waals surface area contributed by atoms with Crippen LogP contribution in [0.1, 0.15) is 58.9 Å². The summed E-state index contributed by atoms with van der Waals surface area (Å²) in [7, 11) is 0. The van der Waals surface area contributed by atoms with Crippen LogP contribution < -0.4 is 10.2 Å². The molecule has 0 heterocycles. The summed E-state index contributed by atoms with van der Waals surface area (Å²) in [5, 5.41) is 13.6. The van der Waals surface area contributed by atoms with E-state index in [1.54, 1.807) is 0 Å². The predicted octanol–water partition coefficient (Wildman–Crippen LogP) is 7.17. The third-order valence-electron chi connectivity index (χ3n) is 5.04. The van der Waals surface area contributed by atoms with E-state index in [9.17, 15) is 9.90 Å². The molecule has 2 N–H and O–H groups in total. The molecule has 4 nitrogen and oxygen atoms in total. The van der Waals surface area contributed by atoms with Gasteiger partial charge in [0.2, 0.25) is 0 Å². The molecule has 0 amide bonds. The molecule has 0 fully saturated rings. The van der Waals surface area contributed by atoms with Gasteiger partial charge in [-0.1, -0.05) is 52.3 Å². The number of carbonyl (C=O) groups is 1. The minimum Gasteiger partial charge on any atom is -0.481 e. The van der Waals surface area contributed by atoms with Crippen molar-refractivity contribution in [1.82, 2.24) is 0 Å². The van der Waals surface area contributed by atoms with Gasteiger partial charge in [0, 0.05) is 23.8 Å². The van der Waals surface area contributed by atoms with E-state index < -0.39 is 5.97 Å². The maximum absolute atomic E-state index is 11.3. The van der Waals surface area contributed by atoms with Crippen molar-refractivity contribution < 1.29 is 9.90 Å². The van der Waals surface area contributed by atoms with Gasteiger partial charge in [0.15, 0.2) is 0 Å². The number of hydrogen-bond acceptors (Lipinski definition) is 3. The van der Waals surface area contributed by atoms with Gasteiger partial charge in [-0.3, -0.25) is 4.79 Å². The van der Waals surface area contributed by atoms with Gasteiger partial charge < -0.3 is 15.3 Å². The number of nitrogens with zero attached hydrogens (tertiary/aromatic N) is 1. The number of anilines is 3. The zero-order valence-electron chi connectivity index (χ0n) is 18.8. The van der Waals surface area contributed by atoms with Crippen molar-refractivity contribution in [3.8, 4) is 0 Å². The van der Waals surface area contributed by atoms with Crippen LogP contribution in [0.15, 0.2) is 42.5 Å². The maximum atomic E-state index is 11.3. The van der Waals surface area contributed by atoms with Crippen LogP contribution in [0.4, 0.5) is 17.1 Å². The Hall–Kier alpha value is -2.20. The highest BCUT2D eigenvalue weighted by Crippen LogP contribution is 2.35. The number of carboxylic acid groups (broad SMARTS) is 1. The number of benzene rings is 2. The Morgan fingerprint density at radius 2 is 1.63 bits per heavy atom. The van der Waals surface area contributed by atoms with Gasteiger partial charge in [-0.2, -0.15) is 0 Å². The largest absolute Gasteiger partial charge is 0.481 e. The first-order valence-corrected chi connectivity index (χ1v) is 11.2. The highest BCUT2D eigenvalue weighted by molar-refractivity contribution is 6.30. The first-order valence-electron chi connectivity index (χ1n) is 10.8. The second kappa shape index (κ2) is 11.3. The third-order valence-corrected chi connectivity index (χ3v) is 5.29. The van der Waals surface area contributed by atoms with E-state index in [1.165, 1.54) is 0 Å². The van der Waals surface area contributed by atoms with E-state index in [1.807, 2.05) is 31.2 Å². The highest BCUT2D eigenvalue weighted by Gasteiger charge is 2.19. The molecule has 0 saturated heterocycles. The monoisotopic (exact) mass is 430 g/mol. The molecule has 5 heteroatoms. The molecule has 0 radical (unpaired) electrons. The molecule has 0 aliphatic rings.